The van der Waals surface area contributed by atoms with E-state index in [2.05, 4.69) is 42.5 Å². The number of carbonyl (C=O) groups excluding carboxylic acids is 1. The first-order valence-corrected chi connectivity index (χ1v) is 8.79. The molecule has 1 aliphatic heterocycles. The summed E-state index contributed by atoms with van der Waals surface area (Å²) in [6.07, 6.45) is 4.07. The lowest BCUT2D eigenvalue weighted by Gasteiger charge is -2.32. The number of fused-ring (bicyclic) bond motifs is 1. The molecule has 136 valence electrons. The van der Waals surface area contributed by atoms with Crippen molar-refractivity contribution in [3.63, 3.8) is 0 Å². The first-order valence-electron chi connectivity index (χ1n) is 8.79. The smallest absolute Gasteiger partial charge is 0.320 e. The molecule has 1 fully saturated rings. The number of likely N-dealkylation sites (N-methyl/N-ethyl adjacent to an activating group) is 1. The predicted molar refractivity (Wildman–Crippen MR) is 96.6 cm³/mol. The molecule has 0 spiro atoms. The molecule has 9 heteroatoms. The van der Waals surface area contributed by atoms with Crippen molar-refractivity contribution in [1.29, 1.82) is 0 Å². The van der Waals surface area contributed by atoms with Crippen LogP contribution in [0.5, 0.6) is 0 Å². The van der Waals surface area contributed by atoms with Gasteiger partial charge in [0.05, 0.1) is 18.1 Å². The zero-order valence-electron chi connectivity index (χ0n) is 14.9. The number of carbonyl (C=O) groups is 1. The van der Waals surface area contributed by atoms with Gasteiger partial charge in [-0.3, -0.25) is 10.2 Å². The molecule has 1 saturated heterocycles. The van der Waals surface area contributed by atoms with Gasteiger partial charge in [0, 0.05) is 39.3 Å². The lowest BCUT2D eigenvalue weighted by Crippen LogP contribution is -2.45. The van der Waals surface area contributed by atoms with Crippen molar-refractivity contribution >= 4 is 22.9 Å². The van der Waals surface area contributed by atoms with Gasteiger partial charge in [0.1, 0.15) is 12.1 Å². The zero-order chi connectivity index (χ0) is 17.6. The van der Waals surface area contributed by atoms with Crippen molar-refractivity contribution in [2.75, 3.05) is 51.6 Å². The maximum absolute atomic E-state index is 11.9. The molecule has 25 heavy (non-hydrogen) atoms. The Labute approximate surface area is 147 Å². The molecule has 3 rings (SSSR count). The van der Waals surface area contributed by atoms with E-state index in [-0.39, 0.29) is 6.03 Å². The van der Waals surface area contributed by atoms with Gasteiger partial charge in [-0.15, -0.1) is 0 Å². The van der Waals surface area contributed by atoms with Crippen LogP contribution < -0.4 is 10.6 Å². The summed E-state index contributed by atoms with van der Waals surface area (Å²) in [6, 6.07) is -0.257. The number of aromatic nitrogens is 4. The highest BCUT2D eigenvalue weighted by atomic mass is 16.2. The predicted octanol–water partition coefficient (Wildman–Crippen LogP) is 0.605. The molecule has 0 radical (unpaired) electrons. The zero-order valence-corrected chi connectivity index (χ0v) is 14.9. The van der Waals surface area contributed by atoms with E-state index in [1.54, 1.807) is 6.20 Å². The fourth-order valence-electron chi connectivity index (χ4n) is 2.85. The normalized spacial score (nSPS) is 16.2. The molecule has 0 aliphatic carbocycles. The van der Waals surface area contributed by atoms with Crippen molar-refractivity contribution in [2.45, 2.75) is 19.9 Å². The highest BCUT2D eigenvalue weighted by molar-refractivity contribution is 5.97. The van der Waals surface area contributed by atoms with Gasteiger partial charge in [-0.25, -0.2) is 19.4 Å². The maximum atomic E-state index is 11.9. The number of piperazine rings is 1. The molecule has 3 heterocycles. The molecule has 2 aromatic heterocycles. The number of amides is 2. The minimum Gasteiger partial charge on any atom is -0.338 e. The van der Waals surface area contributed by atoms with Crippen LogP contribution >= 0.6 is 0 Å². The summed E-state index contributed by atoms with van der Waals surface area (Å²) in [7, 11) is 2.15. The lowest BCUT2D eigenvalue weighted by molar-refractivity contribution is 0.149. The molecule has 0 bridgehead atoms. The highest BCUT2D eigenvalue weighted by Crippen LogP contribution is 2.18. The Kier molecular flexibility index (Phi) is 5.77. The second-order valence-corrected chi connectivity index (χ2v) is 6.35. The quantitative estimate of drug-likeness (QED) is 0.796. The van der Waals surface area contributed by atoms with Crippen LogP contribution in [0.3, 0.4) is 0 Å². The molecule has 2 amide bonds. The SMILES string of the molecule is CCCNC(=O)Nc1ncnc2c1cnn2CCN1CCN(C)CC1. The van der Waals surface area contributed by atoms with Gasteiger partial charge in [0.15, 0.2) is 5.65 Å². The molecule has 2 N–H and O–H groups in total. The summed E-state index contributed by atoms with van der Waals surface area (Å²) < 4.78 is 1.88. The first kappa shape index (κ1) is 17.6. The van der Waals surface area contributed by atoms with Crippen LogP contribution in [0.15, 0.2) is 12.5 Å². The summed E-state index contributed by atoms with van der Waals surface area (Å²) in [5, 5.41) is 10.7. The third-order valence-electron chi connectivity index (χ3n) is 4.43. The Morgan fingerprint density at radius 1 is 1.20 bits per heavy atom. The third-order valence-corrected chi connectivity index (χ3v) is 4.43. The van der Waals surface area contributed by atoms with Crippen LogP contribution in [0, 0.1) is 0 Å². The van der Waals surface area contributed by atoms with E-state index in [1.807, 2.05) is 11.6 Å². The van der Waals surface area contributed by atoms with Crippen molar-refractivity contribution < 1.29 is 4.79 Å². The fourth-order valence-corrected chi connectivity index (χ4v) is 2.85. The number of nitrogens with zero attached hydrogens (tertiary/aromatic N) is 6. The molecular formula is C16H26N8O. The lowest BCUT2D eigenvalue weighted by atomic mass is 10.3. The molecule has 1 aliphatic rings. The summed E-state index contributed by atoms with van der Waals surface area (Å²) in [4.78, 5) is 25.2. The van der Waals surface area contributed by atoms with E-state index in [4.69, 9.17) is 0 Å². The molecule has 0 aromatic carbocycles. The number of urea groups is 1. The summed E-state index contributed by atoms with van der Waals surface area (Å²) in [5.74, 6) is 0.490. The molecular weight excluding hydrogens is 320 g/mol. The van der Waals surface area contributed by atoms with Crippen LogP contribution in [-0.2, 0) is 6.54 Å². The first-order chi connectivity index (χ1) is 12.2. The number of hydrogen-bond donors (Lipinski definition) is 2. The average Bonchev–Trinajstić information content (AvgIpc) is 3.04. The van der Waals surface area contributed by atoms with Gasteiger partial charge in [0.25, 0.3) is 0 Å². The topological polar surface area (TPSA) is 91.2 Å². The Morgan fingerprint density at radius 2 is 2.00 bits per heavy atom. The Balaban J connectivity index is 1.65. The van der Waals surface area contributed by atoms with Gasteiger partial charge in [-0.2, -0.15) is 5.10 Å². The summed E-state index contributed by atoms with van der Waals surface area (Å²) >= 11 is 0. The number of hydrogen-bond acceptors (Lipinski definition) is 6. The molecule has 9 nitrogen and oxygen atoms in total. The van der Waals surface area contributed by atoms with Crippen LogP contribution in [0.25, 0.3) is 11.0 Å². The van der Waals surface area contributed by atoms with Gasteiger partial charge in [-0.05, 0) is 13.5 Å². The Morgan fingerprint density at radius 3 is 2.76 bits per heavy atom. The molecule has 0 saturated carbocycles. The van der Waals surface area contributed by atoms with Crippen LogP contribution in [0.4, 0.5) is 10.6 Å². The second-order valence-electron chi connectivity index (χ2n) is 6.35. The van der Waals surface area contributed by atoms with Crippen molar-refractivity contribution in [1.82, 2.24) is 34.9 Å². The second kappa shape index (κ2) is 8.21. The number of rotatable bonds is 6. The van der Waals surface area contributed by atoms with Crippen molar-refractivity contribution in [3.8, 4) is 0 Å². The largest absolute Gasteiger partial charge is 0.338 e. The van der Waals surface area contributed by atoms with Crippen LogP contribution in [0.2, 0.25) is 0 Å². The van der Waals surface area contributed by atoms with E-state index in [0.717, 1.165) is 56.7 Å². The highest BCUT2D eigenvalue weighted by Gasteiger charge is 2.15. The molecule has 2 aromatic rings. The minimum absolute atomic E-state index is 0.257. The summed E-state index contributed by atoms with van der Waals surface area (Å²) in [5.41, 5.74) is 0.745. The average molecular weight is 346 g/mol. The standard InChI is InChI=1S/C16H26N8O/c1-3-4-17-16(25)21-14-13-11-20-24(15(13)19-12-18-14)10-9-23-7-5-22(2)6-8-23/h11-12H,3-10H2,1-2H3,(H2,17,18,19,21,25). The van der Waals surface area contributed by atoms with Gasteiger partial charge < -0.3 is 10.2 Å². The van der Waals surface area contributed by atoms with Crippen LogP contribution in [0.1, 0.15) is 13.3 Å². The van der Waals surface area contributed by atoms with Crippen molar-refractivity contribution in [2.24, 2.45) is 0 Å². The Bertz CT molecular complexity index is 707. The van der Waals surface area contributed by atoms with Gasteiger partial charge >= 0.3 is 6.03 Å². The van der Waals surface area contributed by atoms with Gasteiger partial charge in [-0.1, -0.05) is 6.92 Å². The number of nitrogens with one attached hydrogen (secondary N) is 2. The summed E-state index contributed by atoms with van der Waals surface area (Å²) in [6.45, 7) is 8.70. The van der Waals surface area contributed by atoms with E-state index < -0.39 is 0 Å². The third kappa shape index (κ3) is 4.43. The van der Waals surface area contributed by atoms with E-state index >= 15 is 0 Å². The fraction of sp³-hybridized carbons (Fsp3) is 0.625. The van der Waals surface area contributed by atoms with Crippen molar-refractivity contribution in [3.05, 3.63) is 12.5 Å². The van der Waals surface area contributed by atoms with E-state index in [1.165, 1.54) is 6.33 Å². The van der Waals surface area contributed by atoms with Gasteiger partial charge in [0.2, 0.25) is 0 Å². The van der Waals surface area contributed by atoms with E-state index in [9.17, 15) is 4.79 Å². The Hall–Kier alpha value is -2.26. The molecule has 0 atom stereocenters. The van der Waals surface area contributed by atoms with Crippen LogP contribution in [-0.4, -0.2) is 81.9 Å². The minimum atomic E-state index is -0.257. The number of anilines is 1. The molecule has 0 unspecified atom stereocenters. The maximum Gasteiger partial charge on any atom is 0.320 e. The monoisotopic (exact) mass is 346 g/mol. The van der Waals surface area contributed by atoms with E-state index in [0.29, 0.717) is 12.4 Å².